The Bertz CT molecular complexity index is 1450. The summed E-state index contributed by atoms with van der Waals surface area (Å²) in [5.74, 6) is 0.582. The van der Waals surface area contributed by atoms with Gasteiger partial charge in [-0.2, -0.15) is 0 Å². The van der Waals surface area contributed by atoms with E-state index in [0.29, 0.717) is 27.9 Å². The van der Waals surface area contributed by atoms with Gasteiger partial charge in [0.1, 0.15) is 12.3 Å². The van der Waals surface area contributed by atoms with Gasteiger partial charge in [0.25, 0.3) is 5.91 Å². The van der Waals surface area contributed by atoms with Crippen LogP contribution in [0.25, 0.3) is 11.3 Å². The van der Waals surface area contributed by atoms with Crippen LogP contribution >= 0.6 is 11.6 Å². The van der Waals surface area contributed by atoms with Crippen molar-refractivity contribution >= 4 is 28.8 Å². The van der Waals surface area contributed by atoms with Crippen molar-refractivity contribution in [2.75, 3.05) is 12.4 Å². The second-order valence-electron chi connectivity index (χ2n) is 7.31. The third kappa shape index (κ3) is 4.41. The second-order valence-corrected chi connectivity index (χ2v) is 7.71. The summed E-state index contributed by atoms with van der Waals surface area (Å²) in [5.41, 5.74) is 2.88. The van der Waals surface area contributed by atoms with Gasteiger partial charge >= 0.3 is 0 Å². The van der Waals surface area contributed by atoms with E-state index in [1.165, 1.54) is 10.9 Å². The largest absolute Gasteiger partial charge is 0.493 e. The van der Waals surface area contributed by atoms with Crippen LogP contribution in [0, 0.1) is 0 Å². The average Bonchev–Trinajstić information content (AvgIpc) is 3.50. The lowest BCUT2D eigenvalue weighted by atomic mass is 10.2. The monoisotopic (exact) mass is 474 g/mol. The quantitative estimate of drug-likeness (QED) is 0.375. The van der Waals surface area contributed by atoms with Crippen molar-refractivity contribution in [3.8, 4) is 17.2 Å². The molecule has 170 valence electrons. The molecule has 3 heterocycles. The number of hydrogen-bond donors (Lipinski definition) is 1. The molecule has 3 aromatic heterocycles. The molecule has 0 unspecified atom stereocenters. The van der Waals surface area contributed by atoms with Gasteiger partial charge < -0.3 is 19.2 Å². The van der Waals surface area contributed by atoms with Crippen molar-refractivity contribution in [2.45, 2.75) is 6.61 Å². The van der Waals surface area contributed by atoms with Crippen LogP contribution in [0.4, 0.5) is 5.69 Å². The fourth-order valence-electron chi connectivity index (χ4n) is 3.39. The minimum Gasteiger partial charge on any atom is -0.493 e. The lowest BCUT2D eigenvalue weighted by molar-refractivity contribution is 0.102. The Labute approximate surface area is 199 Å². The number of nitrogens with zero attached hydrogens (tertiary/aromatic N) is 5. The molecule has 2 aromatic carbocycles. The molecule has 0 saturated heterocycles. The van der Waals surface area contributed by atoms with Crippen molar-refractivity contribution in [3.05, 3.63) is 95.7 Å². The molecule has 0 bridgehead atoms. The SMILES string of the molecule is COc1ccc(NC(=O)c2cn(-c3ccccc3Cl)nn2)cc1OCc1cn2ccccc2n1. The maximum atomic E-state index is 12.7. The van der Waals surface area contributed by atoms with Gasteiger partial charge in [-0.25, -0.2) is 9.67 Å². The van der Waals surface area contributed by atoms with Crippen molar-refractivity contribution in [3.63, 3.8) is 0 Å². The number of imidazole rings is 1. The summed E-state index contributed by atoms with van der Waals surface area (Å²) < 4.78 is 14.7. The van der Waals surface area contributed by atoms with Gasteiger partial charge in [0.2, 0.25) is 0 Å². The van der Waals surface area contributed by atoms with Crippen molar-refractivity contribution < 1.29 is 14.3 Å². The fraction of sp³-hybridized carbons (Fsp3) is 0.0833. The molecule has 0 aliphatic heterocycles. The molecule has 34 heavy (non-hydrogen) atoms. The third-order valence-corrected chi connectivity index (χ3v) is 5.36. The maximum absolute atomic E-state index is 12.7. The van der Waals surface area contributed by atoms with Gasteiger partial charge in [-0.05, 0) is 36.4 Å². The number of anilines is 1. The highest BCUT2D eigenvalue weighted by molar-refractivity contribution is 6.32. The highest BCUT2D eigenvalue weighted by Crippen LogP contribution is 2.31. The number of halogens is 1. The Morgan fingerprint density at radius 3 is 2.74 bits per heavy atom. The minimum atomic E-state index is -0.422. The van der Waals surface area contributed by atoms with E-state index in [2.05, 4.69) is 20.6 Å². The number of fused-ring (bicyclic) bond motifs is 1. The van der Waals surface area contributed by atoms with E-state index in [-0.39, 0.29) is 12.3 Å². The highest BCUT2D eigenvalue weighted by atomic mass is 35.5. The lowest BCUT2D eigenvalue weighted by Crippen LogP contribution is -2.12. The highest BCUT2D eigenvalue weighted by Gasteiger charge is 2.15. The third-order valence-electron chi connectivity index (χ3n) is 5.04. The van der Waals surface area contributed by atoms with Crippen LogP contribution in [-0.4, -0.2) is 37.4 Å². The Morgan fingerprint density at radius 2 is 1.91 bits per heavy atom. The van der Waals surface area contributed by atoms with Crippen LogP contribution in [0.15, 0.2) is 79.3 Å². The lowest BCUT2D eigenvalue weighted by Gasteiger charge is -2.12. The van der Waals surface area contributed by atoms with Crippen LogP contribution in [0.2, 0.25) is 5.02 Å². The smallest absolute Gasteiger partial charge is 0.277 e. The number of hydrogen-bond acceptors (Lipinski definition) is 6. The number of benzene rings is 2. The first kappa shape index (κ1) is 21.5. The van der Waals surface area contributed by atoms with Crippen molar-refractivity contribution in [2.24, 2.45) is 0 Å². The summed E-state index contributed by atoms with van der Waals surface area (Å²) in [6.45, 7) is 0.238. The molecule has 0 atom stereocenters. The molecule has 0 aliphatic rings. The number of amides is 1. The number of carbonyl (C=O) groups is 1. The number of nitrogens with one attached hydrogen (secondary N) is 1. The summed E-state index contributed by atoms with van der Waals surface area (Å²) in [6, 6.07) is 18.1. The van der Waals surface area contributed by atoms with E-state index in [1.54, 1.807) is 37.4 Å². The fourth-order valence-corrected chi connectivity index (χ4v) is 3.62. The van der Waals surface area contributed by atoms with Gasteiger partial charge in [0, 0.05) is 24.1 Å². The second kappa shape index (κ2) is 9.24. The number of ether oxygens (including phenoxy) is 2. The van der Waals surface area contributed by atoms with Crippen LogP contribution in [0.3, 0.4) is 0 Å². The first-order chi connectivity index (χ1) is 16.6. The zero-order valence-electron chi connectivity index (χ0n) is 18.1. The van der Waals surface area contributed by atoms with Crippen molar-refractivity contribution in [1.29, 1.82) is 0 Å². The summed E-state index contributed by atoms with van der Waals surface area (Å²) in [7, 11) is 1.55. The van der Waals surface area contributed by atoms with Gasteiger partial charge in [0.05, 0.1) is 29.7 Å². The van der Waals surface area contributed by atoms with E-state index >= 15 is 0 Å². The summed E-state index contributed by atoms with van der Waals surface area (Å²) >= 11 is 6.20. The van der Waals surface area contributed by atoms with E-state index < -0.39 is 5.91 Å². The first-order valence-electron chi connectivity index (χ1n) is 10.3. The zero-order chi connectivity index (χ0) is 23.5. The minimum absolute atomic E-state index is 0.142. The molecule has 0 radical (unpaired) electrons. The molecule has 0 aliphatic carbocycles. The molecule has 5 rings (SSSR count). The van der Waals surface area contributed by atoms with Crippen molar-refractivity contribution in [1.82, 2.24) is 24.4 Å². The predicted molar refractivity (Wildman–Crippen MR) is 127 cm³/mol. The summed E-state index contributed by atoms with van der Waals surface area (Å²) in [6.07, 6.45) is 5.33. The maximum Gasteiger partial charge on any atom is 0.277 e. The molecule has 5 aromatic rings. The topological polar surface area (TPSA) is 95.6 Å². The number of methoxy groups -OCH3 is 1. The van der Waals surface area contributed by atoms with Crippen LogP contribution in [0.5, 0.6) is 11.5 Å². The Morgan fingerprint density at radius 1 is 1.06 bits per heavy atom. The Kier molecular flexibility index (Phi) is 5.84. The predicted octanol–water partition coefficient (Wildman–Crippen LogP) is 4.41. The number of para-hydroxylation sites is 1. The molecule has 1 N–H and O–H groups in total. The number of aromatic nitrogens is 5. The van der Waals surface area contributed by atoms with Crippen LogP contribution < -0.4 is 14.8 Å². The number of carbonyl (C=O) groups excluding carboxylic acids is 1. The van der Waals surface area contributed by atoms with Gasteiger partial charge in [0.15, 0.2) is 17.2 Å². The van der Waals surface area contributed by atoms with Gasteiger partial charge in [-0.3, -0.25) is 4.79 Å². The van der Waals surface area contributed by atoms with Crippen LogP contribution in [-0.2, 0) is 6.61 Å². The molecule has 0 saturated carbocycles. The number of rotatable bonds is 7. The number of pyridine rings is 1. The average molecular weight is 475 g/mol. The Balaban J connectivity index is 1.31. The Hall–Kier alpha value is -4.37. The first-order valence-corrected chi connectivity index (χ1v) is 10.7. The zero-order valence-corrected chi connectivity index (χ0v) is 18.8. The molecule has 10 heteroatoms. The normalized spacial score (nSPS) is 10.9. The van der Waals surface area contributed by atoms with E-state index in [1.807, 2.05) is 47.1 Å². The molecule has 0 fully saturated rings. The molecular weight excluding hydrogens is 456 g/mol. The van der Waals surface area contributed by atoms with E-state index in [0.717, 1.165) is 11.3 Å². The van der Waals surface area contributed by atoms with Gasteiger partial charge in [-0.15, -0.1) is 5.10 Å². The van der Waals surface area contributed by atoms with Crippen LogP contribution in [0.1, 0.15) is 16.2 Å². The summed E-state index contributed by atoms with van der Waals surface area (Å²) in [4.78, 5) is 17.3. The van der Waals surface area contributed by atoms with E-state index in [4.69, 9.17) is 21.1 Å². The van der Waals surface area contributed by atoms with E-state index in [9.17, 15) is 4.79 Å². The molecular formula is C24H19ClN6O3. The molecule has 0 spiro atoms. The molecule has 1 amide bonds. The summed E-state index contributed by atoms with van der Waals surface area (Å²) in [5, 5.41) is 11.3. The standard InChI is InChI=1S/C24H19ClN6O3/c1-33-21-10-9-16(12-22(21)34-15-17-13-30-11-5-4-8-23(30)26-17)27-24(32)19-14-31(29-28-19)20-7-3-2-6-18(20)25/h2-14H,15H2,1H3,(H,27,32). The van der Waals surface area contributed by atoms with Gasteiger partial charge in [-0.1, -0.05) is 35.0 Å². The molecule has 9 nitrogen and oxygen atoms in total.